The van der Waals surface area contributed by atoms with Gasteiger partial charge in [-0.05, 0) is 25.5 Å². The summed E-state index contributed by atoms with van der Waals surface area (Å²) in [6.07, 6.45) is 2.17. The zero-order chi connectivity index (χ0) is 13.5. The van der Waals surface area contributed by atoms with Gasteiger partial charge in [0.1, 0.15) is 18.0 Å². The zero-order valence-electron chi connectivity index (χ0n) is 11.9. The van der Waals surface area contributed by atoms with E-state index in [9.17, 15) is 0 Å². The second-order valence-corrected chi connectivity index (χ2v) is 4.73. The Kier molecular flexibility index (Phi) is 5.43. The van der Waals surface area contributed by atoms with Crippen LogP contribution in [0.2, 0.25) is 0 Å². The number of para-hydroxylation sites is 1. The number of ether oxygens (including phenoxy) is 1. The standard InChI is InChI=1S/C16H23NO2/c1-3-9-17-11-14-13-7-5-6-8-15(13)19-16(14)12-18-10-4-2/h5-8,17H,3-4,9-12H2,1-2H3. The van der Waals surface area contributed by atoms with E-state index in [1.165, 1.54) is 10.9 Å². The summed E-state index contributed by atoms with van der Waals surface area (Å²) in [5.41, 5.74) is 2.19. The molecule has 2 aromatic rings. The van der Waals surface area contributed by atoms with Gasteiger partial charge in [-0.3, -0.25) is 0 Å². The molecule has 3 heteroatoms. The Hall–Kier alpha value is -1.32. The highest BCUT2D eigenvalue weighted by Crippen LogP contribution is 2.26. The molecule has 0 aliphatic carbocycles. The summed E-state index contributed by atoms with van der Waals surface area (Å²) in [4.78, 5) is 0. The summed E-state index contributed by atoms with van der Waals surface area (Å²) in [5, 5.41) is 4.64. The van der Waals surface area contributed by atoms with Crippen LogP contribution in [0.15, 0.2) is 28.7 Å². The third kappa shape index (κ3) is 3.58. The molecule has 1 N–H and O–H groups in total. The maximum absolute atomic E-state index is 5.91. The lowest BCUT2D eigenvalue weighted by Crippen LogP contribution is -2.14. The van der Waals surface area contributed by atoms with E-state index in [0.29, 0.717) is 6.61 Å². The van der Waals surface area contributed by atoms with E-state index < -0.39 is 0 Å². The molecule has 0 fully saturated rings. The lowest BCUT2D eigenvalue weighted by atomic mass is 10.1. The highest BCUT2D eigenvalue weighted by molar-refractivity contribution is 5.82. The number of furan rings is 1. The molecular formula is C16H23NO2. The molecule has 0 spiro atoms. The van der Waals surface area contributed by atoms with E-state index >= 15 is 0 Å². The zero-order valence-corrected chi connectivity index (χ0v) is 11.9. The fourth-order valence-corrected chi connectivity index (χ4v) is 2.16. The summed E-state index contributed by atoms with van der Waals surface area (Å²) in [6, 6.07) is 8.19. The minimum absolute atomic E-state index is 0.561. The predicted octanol–water partition coefficient (Wildman–Crippen LogP) is 3.86. The minimum atomic E-state index is 0.561. The van der Waals surface area contributed by atoms with Crippen LogP contribution in [0.3, 0.4) is 0 Å². The van der Waals surface area contributed by atoms with E-state index in [0.717, 1.165) is 43.9 Å². The van der Waals surface area contributed by atoms with Crippen LogP contribution in [-0.2, 0) is 17.9 Å². The SMILES string of the molecule is CCCNCc1c(COCCC)oc2ccccc12. The van der Waals surface area contributed by atoms with Crippen molar-refractivity contribution in [2.45, 2.75) is 39.8 Å². The fourth-order valence-electron chi connectivity index (χ4n) is 2.16. The van der Waals surface area contributed by atoms with Gasteiger partial charge in [0.15, 0.2) is 0 Å². The number of nitrogens with one attached hydrogen (secondary N) is 1. The molecule has 3 nitrogen and oxygen atoms in total. The van der Waals surface area contributed by atoms with Crippen LogP contribution >= 0.6 is 0 Å². The van der Waals surface area contributed by atoms with Crippen molar-refractivity contribution < 1.29 is 9.15 Å². The monoisotopic (exact) mass is 261 g/mol. The Balaban J connectivity index is 2.18. The van der Waals surface area contributed by atoms with Gasteiger partial charge in [-0.25, -0.2) is 0 Å². The quantitative estimate of drug-likeness (QED) is 0.733. The first-order chi connectivity index (χ1) is 9.36. The highest BCUT2D eigenvalue weighted by Gasteiger charge is 2.13. The van der Waals surface area contributed by atoms with Crippen molar-refractivity contribution >= 4 is 11.0 Å². The third-order valence-electron chi connectivity index (χ3n) is 3.09. The molecular weight excluding hydrogens is 238 g/mol. The van der Waals surface area contributed by atoms with Crippen LogP contribution in [-0.4, -0.2) is 13.2 Å². The van der Waals surface area contributed by atoms with Gasteiger partial charge >= 0.3 is 0 Å². The number of hydrogen-bond donors (Lipinski definition) is 1. The van der Waals surface area contributed by atoms with Crippen molar-refractivity contribution in [3.8, 4) is 0 Å². The van der Waals surface area contributed by atoms with Gasteiger partial charge in [-0.1, -0.05) is 32.0 Å². The second kappa shape index (κ2) is 7.31. The molecule has 0 radical (unpaired) electrons. The minimum Gasteiger partial charge on any atom is -0.458 e. The Morgan fingerprint density at radius 2 is 2.00 bits per heavy atom. The van der Waals surface area contributed by atoms with Crippen molar-refractivity contribution in [2.75, 3.05) is 13.2 Å². The summed E-state index contributed by atoms with van der Waals surface area (Å²) in [5.74, 6) is 0.957. The molecule has 0 aliphatic heterocycles. The lowest BCUT2D eigenvalue weighted by molar-refractivity contribution is 0.107. The Bertz CT molecular complexity index is 504. The Labute approximate surface area is 114 Å². The normalized spacial score (nSPS) is 11.3. The lowest BCUT2D eigenvalue weighted by Gasteiger charge is -2.05. The van der Waals surface area contributed by atoms with E-state index in [2.05, 4.69) is 31.3 Å². The average molecular weight is 261 g/mol. The molecule has 2 rings (SSSR count). The first-order valence-electron chi connectivity index (χ1n) is 7.14. The topological polar surface area (TPSA) is 34.4 Å². The van der Waals surface area contributed by atoms with Gasteiger partial charge in [0.25, 0.3) is 0 Å². The van der Waals surface area contributed by atoms with Crippen LogP contribution in [0.5, 0.6) is 0 Å². The molecule has 1 aromatic heterocycles. The molecule has 1 heterocycles. The van der Waals surface area contributed by atoms with Crippen LogP contribution in [0.1, 0.15) is 38.0 Å². The Morgan fingerprint density at radius 3 is 2.79 bits per heavy atom. The maximum atomic E-state index is 5.91. The fraction of sp³-hybridized carbons (Fsp3) is 0.500. The molecule has 0 atom stereocenters. The summed E-state index contributed by atoms with van der Waals surface area (Å²) in [7, 11) is 0. The smallest absolute Gasteiger partial charge is 0.135 e. The number of hydrogen-bond acceptors (Lipinski definition) is 3. The molecule has 0 aliphatic rings. The summed E-state index contributed by atoms with van der Waals surface area (Å²) >= 11 is 0. The summed E-state index contributed by atoms with van der Waals surface area (Å²) in [6.45, 7) is 7.49. The maximum Gasteiger partial charge on any atom is 0.135 e. The Morgan fingerprint density at radius 1 is 1.16 bits per heavy atom. The van der Waals surface area contributed by atoms with E-state index in [1.807, 2.05) is 12.1 Å². The highest BCUT2D eigenvalue weighted by atomic mass is 16.5. The molecule has 1 aromatic carbocycles. The van der Waals surface area contributed by atoms with Crippen LogP contribution in [0, 0.1) is 0 Å². The van der Waals surface area contributed by atoms with Gasteiger partial charge < -0.3 is 14.5 Å². The van der Waals surface area contributed by atoms with E-state index in [-0.39, 0.29) is 0 Å². The first kappa shape index (κ1) is 14.1. The molecule has 0 saturated heterocycles. The van der Waals surface area contributed by atoms with Crippen molar-refractivity contribution in [1.82, 2.24) is 5.32 Å². The van der Waals surface area contributed by atoms with E-state index in [1.54, 1.807) is 0 Å². The number of fused-ring (bicyclic) bond motifs is 1. The molecule has 0 unspecified atom stereocenters. The van der Waals surface area contributed by atoms with Crippen molar-refractivity contribution in [3.05, 3.63) is 35.6 Å². The number of rotatable bonds is 8. The molecule has 0 amide bonds. The largest absolute Gasteiger partial charge is 0.458 e. The van der Waals surface area contributed by atoms with E-state index in [4.69, 9.17) is 9.15 Å². The van der Waals surface area contributed by atoms with Gasteiger partial charge in [0, 0.05) is 24.1 Å². The molecule has 19 heavy (non-hydrogen) atoms. The van der Waals surface area contributed by atoms with Crippen LogP contribution in [0.4, 0.5) is 0 Å². The molecule has 0 bridgehead atoms. The van der Waals surface area contributed by atoms with Crippen LogP contribution < -0.4 is 5.32 Å². The van der Waals surface area contributed by atoms with Crippen molar-refractivity contribution in [1.29, 1.82) is 0 Å². The van der Waals surface area contributed by atoms with Crippen molar-refractivity contribution in [3.63, 3.8) is 0 Å². The molecule has 104 valence electrons. The molecule has 0 saturated carbocycles. The van der Waals surface area contributed by atoms with Crippen molar-refractivity contribution in [2.24, 2.45) is 0 Å². The summed E-state index contributed by atoms with van der Waals surface area (Å²) < 4.78 is 11.5. The van der Waals surface area contributed by atoms with Gasteiger partial charge in [-0.2, -0.15) is 0 Å². The second-order valence-electron chi connectivity index (χ2n) is 4.73. The van der Waals surface area contributed by atoms with Gasteiger partial charge in [0.05, 0.1) is 0 Å². The number of benzene rings is 1. The third-order valence-corrected chi connectivity index (χ3v) is 3.09. The van der Waals surface area contributed by atoms with Gasteiger partial charge in [0.2, 0.25) is 0 Å². The average Bonchev–Trinajstić information content (AvgIpc) is 2.78. The predicted molar refractivity (Wildman–Crippen MR) is 78.2 cm³/mol. The van der Waals surface area contributed by atoms with Crippen LogP contribution in [0.25, 0.3) is 11.0 Å². The first-order valence-corrected chi connectivity index (χ1v) is 7.14. The van der Waals surface area contributed by atoms with Gasteiger partial charge in [-0.15, -0.1) is 0 Å².